The van der Waals surface area contributed by atoms with E-state index >= 15 is 0 Å². The highest BCUT2D eigenvalue weighted by molar-refractivity contribution is 5.97. The van der Waals surface area contributed by atoms with Gasteiger partial charge in [-0.1, -0.05) is 19.3 Å². The second-order valence-corrected chi connectivity index (χ2v) is 10.1. The molecule has 41 heavy (non-hydrogen) atoms. The summed E-state index contributed by atoms with van der Waals surface area (Å²) in [6.45, 7) is 0. The summed E-state index contributed by atoms with van der Waals surface area (Å²) in [6, 6.07) is 8.43. The highest BCUT2D eigenvalue weighted by atomic mass is 19.2. The largest absolute Gasteiger partial charge is 0.481 e. The molecule has 0 bridgehead atoms. The third-order valence-corrected chi connectivity index (χ3v) is 7.73. The van der Waals surface area contributed by atoms with Crippen molar-refractivity contribution < 1.29 is 37.3 Å². The van der Waals surface area contributed by atoms with Crippen LogP contribution in [0.1, 0.15) is 48.0 Å². The molecule has 1 fully saturated rings. The van der Waals surface area contributed by atoms with Gasteiger partial charge in [-0.2, -0.15) is 4.98 Å². The van der Waals surface area contributed by atoms with E-state index in [4.69, 9.17) is 9.47 Å². The van der Waals surface area contributed by atoms with E-state index in [1.54, 1.807) is 12.1 Å². The van der Waals surface area contributed by atoms with Gasteiger partial charge in [0.05, 0.1) is 48.3 Å². The Hall–Kier alpha value is -4.48. The average Bonchev–Trinajstić information content (AvgIpc) is 3.32. The molecule has 5 rings (SSSR count). The lowest BCUT2D eigenvalue weighted by Gasteiger charge is -2.43. The number of carboxylic acid groups (broad SMARTS) is 1. The van der Waals surface area contributed by atoms with Gasteiger partial charge in [-0.25, -0.2) is 18.0 Å². The van der Waals surface area contributed by atoms with Gasteiger partial charge in [0.15, 0.2) is 17.3 Å². The molecular formula is C29H29F3N4O5. The van der Waals surface area contributed by atoms with E-state index in [1.165, 1.54) is 26.4 Å². The minimum atomic E-state index is -1.53. The molecule has 1 aromatic heterocycles. The summed E-state index contributed by atoms with van der Waals surface area (Å²) in [7, 11) is 2.84. The number of pyridine rings is 1. The summed E-state index contributed by atoms with van der Waals surface area (Å²) in [6.07, 6.45) is 4.00. The summed E-state index contributed by atoms with van der Waals surface area (Å²) < 4.78 is 54.5. The number of halogens is 3. The predicted molar refractivity (Wildman–Crippen MR) is 145 cm³/mol. The molecule has 1 atom stereocenters. The number of carbonyl (C=O) groups is 2. The molecule has 0 saturated heterocycles. The highest BCUT2D eigenvalue weighted by Crippen LogP contribution is 2.51. The van der Waals surface area contributed by atoms with E-state index in [9.17, 15) is 27.9 Å². The number of nitrogens with one attached hydrogen (secondary N) is 3. The normalized spacial score (nSPS) is 16.6. The van der Waals surface area contributed by atoms with Gasteiger partial charge in [-0.3, -0.25) is 4.79 Å². The topological polar surface area (TPSA) is 122 Å². The SMILES string of the molecule is COc1ccc(C2(C(C(=O)Nc3ccc(C(=O)O)cc3F)C3CCCCC3)Nc3cc(F)c(F)cc3N2)c(OC)n1. The lowest BCUT2D eigenvalue weighted by atomic mass is 9.71. The number of aromatic nitrogens is 1. The van der Waals surface area contributed by atoms with Crippen molar-refractivity contribution >= 4 is 28.9 Å². The van der Waals surface area contributed by atoms with E-state index in [0.717, 1.165) is 37.5 Å². The van der Waals surface area contributed by atoms with Crippen LogP contribution in [0.25, 0.3) is 0 Å². The fourth-order valence-corrected chi connectivity index (χ4v) is 5.85. The Kier molecular flexibility index (Phi) is 7.65. The van der Waals surface area contributed by atoms with Crippen molar-refractivity contribution in [3.05, 3.63) is 71.0 Å². The molecule has 1 aliphatic carbocycles. The molecule has 2 aliphatic rings. The van der Waals surface area contributed by atoms with E-state index in [1.807, 2.05) is 0 Å². The molecular weight excluding hydrogens is 541 g/mol. The monoisotopic (exact) mass is 570 g/mol. The Morgan fingerprint density at radius 3 is 2.17 bits per heavy atom. The fraction of sp³-hybridized carbons (Fsp3) is 0.345. The van der Waals surface area contributed by atoms with Crippen LogP contribution in [-0.2, 0) is 10.5 Å². The van der Waals surface area contributed by atoms with Crippen molar-refractivity contribution in [1.29, 1.82) is 0 Å². The molecule has 4 N–H and O–H groups in total. The lowest BCUT2D eigenvalue weighted by Crippen LogP contribution is -2.54. The average molecular weight is 571 g/mol. The van der Waals surface area contributed by atoms with Crippen molar-refractivity contribution in [3.63, 3.8) is 0 Å². The molecule has 9 nitrogen and oxygen atoms in total. The van der Waals surface area contributed by atoms with Crippen LogP contribution in [-0.4, -0.2) is 36.2 Å². The molecule has 216 valence electrons. The zero-order chi connectivity index (χ0) is 29.3. The standard InChI is InChI=1S/C29H29F3N4O5/c1-40-24-11-9-17(27(34-24)41-2)29(35-22-13-18(30)19(31)14-23(22)36-29)25(15-6-4-3-5-7-15)26(37)33-21-10-8-16(28(38)39)12-20(21)32/h8-15,25,35-36H,3-7H2,1-2H3,(H,33,37)(H,38,39). The van der Waals surface area contributed by atoms with Gasteiger partial charge in [0.1, 0.15) is 5.82 Å². The van der Waals surface area contributed by atoms with Gasteiger partial charge >= 0.3 is 5.97 Å². The van der Waals surface area contributed by atoms with Crippen LogP contribution in [0.2, 0.25) is 0 Å². The van der Waals surface area contributed by atoms with Gasteiger partial charge in [-0.05, 0) is 43.0 Å². The maximum Gasteiger partial charge on any atom is 0.335 e. The predicted octanol–water partition coefficient (Wildman–Crippen LogP) is 5.74. The second-order valence-electron chi connectivity index (χ2n) is 10.1. The van der Waals surface area contributed by atoms with Crippen molar-refractivity contribution in [1.82, 2.24) is 4.98 Å². The van der Waals surface area contributed by atoms with Crippen LogP contribution >= 0.6 is 0 Å². The molecule has 1 unspecified atom stereocenters. The molecule has 2 heterocycles. The molecule has 0 spiro atoms. The molecule has 2 aromatic carbocycles. The number of hydrogen-bond donors (Lipinski definition) is 4. The molecule has 0 radical (unpaired) electrons. The van der Waals surface area contributed by atoms with Crippen molar-refractivity contribution in [2.75, 3.05) is 30.2 Å². The van der Waals surface area contributed by atoms with Crippen molar-refractivity contribution in [2.45, 2.75) is 37.8 Å². The van der Waals surface area contributed by atoms with E-state index in [-0.39, 0.29) is 40.3 Å². The van der Waals surface area contributed by atoms with Crippen molar-refractivity contribution in [3.8, 4) is 11.8 Å². The first-order valence-corrected chi connectivity index (χ1v) is 13.2. The zero-order valence-corrected chi connectivity index (χ0v) is 22.4. The second kappa shape index (κ2) is 11.2. The van der Waals surface area contributed by atoms with Gasteiger partial charge in [0.25, 0.3) is 0 Å². The number of aromatic carboxylic acids is 1. The number of carbonyl (C=O) groups excluding carboxylic acids is 1. The quantitative estimate of drug-likeness (QED) is 0.271. The number of rotatable bonds is 8. The zero-order valence-electron chi connectivity index (χ0n) is 22.4. The number of nitrogens with zero attached hydrogens (tertiary/aromatic N) is 1. The van der Waals surface area contributed by atoms with Crippen molar-refractivity contribution in [2.24, 2.45) is 11.8 Å². The van der Waals surface area contributed by atoms with E-state index in [2.05, 4.69) is 20.9 Å². The van der Waals surface area contributed by atoms with Crippen LogP contribution in [0.5, 0.6) is 11.8 Å². The number of methoxy groups -OCH3 is 2. The number of anilines is 3. The number of amides is 1. The first kappa shape index (κ1) is 28.1. The molecule has 1 aliphatic heterocycles. The molecule has 3 aromatic rings. The van der Waals surface area contributed by atoms with Crippen LogP contribution in [0, 0.1) is 29.3 Å². The molecule has 1 amide bonds. The summed E-state index contributed by atoms with van der Waals surface area (Å²) in [5, 5.41) is 18.3. The summed E-state index contributed by atoms with van der Waals surface area (Å²) >= 11 is 0. The van der Waals surface area contributed by atoms with Crippen LogP contribution in [0.15, 0.2) is 42.5 Å². The van der Waals surface area contributed by atoms with Gasteiger partial charge in [-0.15, -0.1) is 0 Å². The summed E-state index contributed by atoms with van der Waals surface area (Å²) in [5.74, 6) is -5.86. The summed E-state index contributed by atoms with van der Waals surface area (Å²) in [5.41, 5.74) is -1.21. The van der Waals surface area contributed by atoms with Gasteiger partial charge in [0.2, 0.25) is 17.7 Å². The summed E-state index contributed by atoms with van der Waals surface area (Å²) in [4.78, 5) is 29.9. The number of carboxylic acids is 1. The fourth-order valence-electron chi connectivity index (χ4n) is 5.85. The highest BCUT2D eigenvalue weighted by Gasteiger charge is 2.54. The Labute approximate surface area is 234 Å². The lowest BCUT2D eigenvalue weighted by molar-refractivity contribution is -0.124. The van der Waals surface area contributed by atoms with E-state index < -0.39 is 40.9 Å². The minimum absolute atomic E-state index is 0.101. The first-order valence-electron chi connectivity index (χ1n) is 13.2. The number of benzene rings is 2. The van der Waals surface area contributed by atoms with Crippen LogP contribution < -0.4 is 25.4 Å². The Morgan fingerprint density at radius 2 is 1.61 bits per heavy atom. The number of fused-ring (bicyclic) bond motifs is 1. The third kappa shape index (κ3) is 5.21. The van der Waals surface area contributed by atoms with Crippen LogP contribution in [0.3, 0.4) is 0 Å². The maximum atomic E-state index is 14.9. The van der Waals surface area contributed by atoms with Gasteiger partial charge < -0.3 is 30.5 Å². The Bertz CT molecular complexity index is 1460. The van der Waals surface area contributed by atoms with Gasteiger partial charge in [0, 0.05) is 18.2 Å². The van der Waals surface area contributed by atoms with Crippen LogP contribution in [0.4, 0.5) is 30.2 Å². The maximum absolute atomic E-state index is 14.9. The minimum Gasteiger partial charge on any atom is -0.481 e. The molecule has 1 saturated carbocycles. The number of hydrogen-bond acceptors (Lipinski definition) is 7. The van der Waals surface area contributed by atoms with E-state index in [0.29, 0.717) is 18.4 Å². The smallest absolute Gasteiger partial charge is 0.335 e. The Balaban J connectivity index is 1.66. The Morgan fingerprint density at radius 1 is 0.951 bits per heavy atom. The third-order valence-electron chi connectivity index (χ3n) is 7.73. The number of ether oxygens (including phenoxy) is 2. The molecule has 12 heteroatoms. The first-order chi connectivity index (χ1) is 19.7.